The molecule has 7 nitrogen and oxygen atoms in total. The van der Waals surface area contributed by atoms with Crippen LogP contribution in [0.4, 0.5) is 4.79 Å². The lowest BCUT2D eigenvalue weighted by molar-refractivity contribution is -0.152. The van der Waals surface area contributed by atoms with E-state index in [0.717, 1.165) is 11.3 Å². The molecule has 168 valence electrons. The summed E-state index contributed by atoms with van der Waals surface area (Å²) >= 11 is 0. The van der Waals surface area contributed by atoms with Crippen molar-refractivity contribution < 1.29 is 28.5 Å². The van der Waals surface area contributed by atoms with Gasteiger partial charge in [-0.2, -0.15) is 0 Å². The van der Waals surface area contributed by atoms with Crippen LogP contribution in [0.3, 0.4) is 0 Å². The summed E-state index contributed by atoms with van der Waals surface area (Å²) in [4.78, 5) is 27.2. The smallest absolute Gasteiger partial charge is 0.410 e. The Bertz CT molecular complexity index is 714. The van der Waals surface area contributed by atoms with Crippen molar-refractivity contribution in [1.29, 1.82) is 0 Å². The molecule has 0 aromatic heterocycles. The quantitative estimate of drug-likeness (QED) is 0.489. The molecule has 0 unspecified atom stereocenters. The molecule has 0 N–H and O–H groups in total. The standard InChI is InChI=1S/C23H35NO6/c1-7-28-21(25)20-16(2)24(22(26)30-23(3,4)5)12-11-19(20)17-9-8-10-18(15-17)29-14-13-27-6/h8-10,15-16,19-20H,7,11-14H2,1-6H3/t16-,19+,20+/m0/s1. The van der Waals surface area contributed by atoms with Crippen molar-refractivity contribution in [2.45, 2.75) is 58.6 Å². The summed E-state index contributed by atoms with van der Waals surface area (Å²) in [5.41, 5.74) is 0.402. The number of amides is 1. The van der Waals surface area contributed by atoms with Crippen LogP contribution in [-0.4, -0.2) is 62.1 Å². The number of nitrogens with zero attached hydrogens (tertiary/aromatic N) is 1. The van der Waals surface area contributed by atoms with Crippen LogP contribution in [0.15, 0.2) is 24.3 Å². The molecule has 1 aliphatic rings. The van der Waals surface area contributed by atoms with Gasteiger partial charge in [0.2, 0.25) is 0 Å². The Morgan fingerprint density at radius 1 is 1.20 bits per heavy atom. The predicted molar refractivity (Wildman–Crippen MR) is 114 cm³/mol. The molecule has 1 saturated heterocycles. The van der Waals surface area contributed by atoms with Crippen molar-refractivity contribution >= 4 is 12.1 Å². The third-order valence-electron chi connectivity index (χ3n) is 5.16. The molecule has 0 bridgehead atoms. The van der Waals surface area contributed by atoms with Gasteiger partial charge in [-0.1, -0.05) is 12.1 Å². The van der Waals surface area contributed by atoms with E-state index in [4.69, 9.17) is 18.9 Å². The maximum atomic E-state index is 12.9. The average molecular weight is 422 g/mol. The summed E-state index contributed by atoms with van der Waals surface area (Å²) in [6.45, 7) is 10.9. The topological polar surface area (TPSA) is 74.3 Å². The van der Waals surface area contributed by atoms with Crippen LogP contribution in [0.1, 0.15) is 52.5 Å². The highest BCUT2D eigenvalue weighted by Gasteiger charge is 2.44. The maximum Gasteiger partial charge on any atom is 0.410 e. The van der Waals surface area contributed by atoms with Crippen LogP contribution < -0.4 is 4.74 Å². The summed E-state index contributed by atoms with van der Waals surface area (Å²) in [6.07, 6.45) is 0.230. The van der Waals surface area contributed by atoms with Crippen LogP contribution in [-0.2, 0) is 19.0 Å². The molecule has 1 aromatic rings. The second kappa shape index (κ2) is 10.7. The van der Waals surface area contributed by atoms with Crippen molar-refractivity contribution in [3.8, 4) is 5.75 Å². The summed E-state index contributed by atoms with van der Waals surface area (Å²) in [5, 5.41) is 0. The van der Waals surface area contributed by atoms with Gasteiger partial charge in [0.05, 0.1) is 19.1 Å². The van der Waals surface area contributed by atoms with Gasteiger partial charge >= 0.3 is 12.1 Å². The number of methoxy groups -OCH3 is 1. The first-order valence-electron chi connectivity index (χ1n) is 10.6. The zero-order valence-corrected chi connectivity index (χ0v) is 19.0. The molecule has 1 aliphatic heterocycles. The van der Waals surface area contributed by atoms with Gasteiger partial charge < -0.3 is 23.8 Å². The van der Waals surface area contributed by atoms with E-state index in [1.165, 1.54) is 0 Å². The van der Waals surface area contributed by atoms with Gasteiger partial charge in [0, 0.05) is 25.6 Å². The van der Waals surface area contributed by atoms with Gasteiger partial charge in [-0.05, 0) is 58.7 Å². The first-order valence-corrected chi connectivity index (χ1v) is 10.6. The number of rotatable bonds is 7. The van der Waals surface area contributed by atoms with E-state index >= 15 is 0 Å². The molecule has 0 aliphatic carbocycles. The maximum absolute atomic E-state index is 12.9. The minimum absolute atomic E-state index is 0.0799. The van der Waals surface area contributed by atoms with Crippen LogP contribution in [0, 0.1) is 5.92 Å². The SMILES string of the molecule is CCOC(=O)[C@H]1[C@@H](c2cccc(OCCOC)c2)CCN(C(=O)OC(C)(C)C)[C@H]1C. The van der Waals surface area contributed by atoms with Gasteiger partial charge in [-0.15, -0.1) is 0 Å². The number of carbonyl (C=O) groups is 2. The summed E-state index contributed by atoms with van der Waals surface area (Å²) < 4.78 is 21.7. The van der Waals surface area contributed by atoms with E-state index in [1.54, 1.807) is 18.9 Å². The highest BCUT2D eigenvalue weighted by atomic mass is 16.6. The molecular formula is C23H35NO6. The Labute approximate surface area is 179 Å². The van der Waals surface area contributed by atoms with Crippen molar-refractivity contribution in [1.82, 2.24) is 4.90 Å². The minimum Gasteiger partial charge on any atom is -0.491 e. The van der Waals surface area contributed by atoms with E-state index in [2.05, 4.69) is 0 Å². The number of hydrogen-bond acceptors (Lipinski definition) is 6. The van der Waals surface area contributed by atoms with Crippen LogP contribution in [0.25, 0.3) is 0 Å². The molecule has 0 saturated carbocycles. The van der Waals surface area contributed by atoms with E-state index in [-0.39, 0.29) is 17.9 Å². The third kappa shape index (κ3) is 6.36. The number of hydrogen-bond donors (Lipinski definition) is 0. The molecular weight excluding hydrogens is 386 g/mol. The number of ether oxygens (including phenoxy) is 4. The van der Waals surface area contributed by atoms with Crippen LogP contribution >= 0.6 is 0 Å². The molecule has 30 heavy (non-hydrogen) atoms. The Morgan fingerprint density at radius 3 is 2.57 bits per heavy atom. The molecule has 1 heterocycles. The molecule has 0 spiro atoms. The Hall–Kier alpha value is -2.28. The number of likely N-dealkylation sites (tertiary alicyclic amines) is 1. The number of piperidine rings is 1. The van der Waals surface area contributed by atoms with E-state index in [1.807, 2.05) is 52.0 Å². The lowest BCUT2D eigenvalue weighted by atomic mass is 9.76. The van der Waals surface area contributed by atoms with E-state index in [9.17, 15) is 9.59 Å². The Balaban J connectivity index is 2.26. The second-order valence-electron chi connectivity index (χ2n) is 8.50. The van der Waals surface area contributed by atoms with Crippen LogP contribution in [0.5, 0.6) is 5.75 Å². The first kappa shape index (κ1) is 24.0. The number of carbonyl (C=O) groups excluding carboxylic acids is 2. The lowest BCUT2D eigenvalue weighted by Crippen LogP contribution is -2.53. The first-order chi connectivity index (χ1) is 14.2. The van der Waals surface area contributed by atoms with Crippen molar-refractivity contribution in [2.24, 2.45) is 5.92 Å². The van der Waals surface area contributed by atoms with Crippen molar-refractivity contribution in [2.75, 3.05) is 33.5 Å². The fourth-order valence-corrected chi connectivity index (χ4v) is 3.82. The van der Waals surface area contributed by atoms with Crippen molar-refractivity contribution in [3.63, 3.8) is 0 Å². The highest BCUT2D eigenvalue weighted by molar-refractivity contribution is 5.77. The zero-order chi connectivity index (χ0) is 22.3. The lowest BCUT2D eigenvalue weighted by Gasteiger charge is -2.43. The molecule has 0 radical (unpaired) electrons. The molecule has 3 atom stereocenters. The molecule has 1 amide bonds. The monoisotopic (exact) mass is 421 g/mol. The fraction of sp³-hybridized carbons (Fsp3) is 0.652. The molecule has 1 aromatic carbocycles. The highest BCUT2D eigenvalue weighted by Crippen LogP contribution is 2.39. The normalized spacial score (nSPS) is 21.8. The second-order valence-corrected chi connectivity index (χ2v) is 8.50. The van der Waals surface area contributed by atoms with Crippen LogP contribution in [0.2, 0.25) is 0 Å². The predicted octanol–water partition coefficient (Wildman–Crippen LogP) is 4.00. The minimum atomic E-state index is -0.596. The van der Waals surface area contributed by atoms with Gasteiger partial charge in [-0.25, -0.2) is 4.79 Å². The summed E-state index contributed by atoms with van der Waals surface area (Å²) in [6, 6.07) is 7.41. The van der Waals surface area contributed by atoms with Crippen molar-refractivity contribution in [3.05, 3.63) is 29.8 Å². The van der Waals surface area contributed by atoms with Gasteiger partial charge in [0.1, 0.15) is 18.0 Å². The Kier molecular flexibility index (Phi) is 8.53. The fourth-order valence-electron chi connectivity index (χ4n) is 3.82. The van der Waals surface area contributed by atoms with Gasteiger partial charge in [0.25, 0.3) is 0 Å². The van der Waals surface area contributed by atoms with Gasteiger partial charge in [-0.3, -0.25) is 4.79 Å². The zero-order valence-electron chi connectivity index (χ0n) is 19.0. The largest absolute Gasteiger partial charge is 0.491 e. The average Bonchev–Trinajstić information content (AvgIpc) is 2.66. The van der Waals surface area contributed by atoms with E-state index < -0.39 is 17.6 Å². The van der Waals surface area contributed by atoms with E-state index in [0.29, 0.717) is 32.8 Å². The molecule has 2 rings (SSSR count). The molecule has 7 heteroatoms. The van der Waals surface area contributed by atoms with Gasteiger partial charge in [0.15, 0.2) is 0 Å². The third-order valence-corrected chi connectivity index (χ3v) is 5.16. The number of esters is 1. The Morgan fingerprint density at radius 2 is 1.93 bits per heavy atom. The number of benzene rings is 1. The summed E-state index contributed by atoms with van der Waals surface area (Å²) in [5.74, 6) is -0.132. The summed E-state index contributed by atoms with van der Waals surface area (Å²) in [7, 11) is 1.63. The molecule has 1 fully saturated rings.